The Balaban J connectivity index is 1.53. The Morgan fingerprint density at radius 2 is 0.903 bits per heavy atom. The van der Waals surface area contributed by atoms with Crippen molar-refractivity contribution in [3.8, 4) is 23.7 Å². The average Bonchev–Trinajstić information content (AvgIpc) is 2.80. The lowest BCUT2D eigenvalue weighted by Gasteiger charge is -2.25. The molecule has 0 nitrogen and oxygen atoms in total. The third-order valence-electron chi connectivity index (χ3n) is 7.70. The normalized spacial score (nSPS) is 26.1. The molecule has 0 radical (unpaired) electrons. The maximum absolute atomic E-state index is 3.49. The molecule has 0 aliphatic heterocycles. The summed E-state index contributed by atoms with van der Waals surface area (Å²) < 4.78 is 0. The maximum atomic E-state index is 3.49. The van der Waals surface area contributed by atoms with Crippen LogP contribution in [-0.4, -0.2) is 0 Å². The Kier molecular flexibility index (Phi) is 14.7. The molecule has 0 heterocycles. The van der Waals surface area contributed by atoms with Crippen LogP contribution in [0.1, 0.15) is 136 Å². The summed E-state index contributed by atoms with van der Waals surface area (Å²) in [5.41, 5.74) is 0. The van der Waals surface area contributed by atoms with Gasteiger partial charge in [-0.15, -0.1) is 0 Å². The van der Waals surface area contributed by atoms with Crippen molar-refractivity contribution in [3.05, 3.63) is 12.2 Å². The first kappa shape index (κ1) is 26.1. The fourth-order valence-corrected chi connectivity index (χ4v) is 5.50. The molecular weight excluding hydrogens is 372 g/mol. The van der Waals surface area contributed by atoms with Crippen LogP contribution < -0.4 is 0 Å². The van der Waals surface area contributed by atoms with Crippen LogP contribution in [0.15, 0.2) is 12.2 Å². The van der Waals surface area contributed by atoms with Gasteiger partial charge in [0.05, 0.1) is 0 Å². The van der Waals surface area contributed by atoms with Crippen molar-refractivity contribution in [1.82, 2.24) is 0 Å². The van der Waals surface area contributed by atoms with Gasteiger partial charge >= 0.3 is 0 Å². The summed E-state index contributed by atoms with van der Waals surface area (Å²) in [7, 11) is 0. The van der Waals surface area contributed by atoms with Gasteiger partial charge in [0.1, 0.15) is 0 Å². The van der Waals surface area contributed by atoms with Gasteiger partial charge in [0.15, 0.2) is 0 Å². The van der Waals surface area contributed by atoms with Crippen LogP contribution in [0, 0.1) is 47.4 Å². The standard InChI is InChI=1S/C31H50/c1-3-5-7-9-13-17-29-24-26-31(27-25-29)19-15-11-10-14-18-30-22-20-28(21-23-30)16-12-8-6-4-2/h10-11,28-31H,3-9,12-13,16-17,20-27H2,1-2H3/b11-10+. The van der Waals surface area contributed by atoms with Gasteiger partial charge < -0.3 is 0 Å². The van der Waals surface area contributed by atoms with Gasteiger partial charge in [-0.3, -0.25) is 0 Å². The molecule has 2 aliphatic rings. The third-order valence-corrected chi connectivity index (χ3v) is 7.70. The Hall–Kier alpha value is -1.14. The molecule has 2 saturated carbocycles. The molecule has 0 saturated heterocycles. The molecule has 0 aromatic rings. The molecule has 0 unspecified atom stereocenters. The van der Waals surface area contributed by atoms with E-state index in [-0.39, 0.29) is 0 Å². The lowest BCUT2D eigenvalue weighted by Crippen LogP contribution is -2.13. The van der Waals surface area contributed by atoms with E-state index in [1.165, 1.54) is 122 Å². The number of hydrogen-bond acceptors (Lipinski definition) is 0. The summed E-state index contributed by atoms with van der Waals surface area (Å²) in [6.07, 6.45) is 30.5. The molecule has 0 bridgehead atoms. The Morgan fingerprint density at radius 1 is 0.516 bits per heavy atom. The zero-order valence-corrected chi connectivity index (χ0v) is 20.9. The van der Waals surface area contributed by atoms with Crippen LogP contribution in [0.5, 0.6) is 0 Å². The smallest absolute Gasteiger partial charge is 0.0206 e. The highest BCUT2D eigenvalue weighted by molar-refractivity contribution is 5.26. The Bertz CT molecular complexity index is 573. The number of rotatable bonds is 11. The second kappa shape index (κ2) is 17.4. The average molecular weight is 423 g/mol. The number of unbranched alkanes of at least 4 members (excludes halogenated alkanes) is 7. The first-order valence-electron chi connectivity index (χ1n) is 14.0. The largest absolute Gasteiger partial charge is 0.0951 e. The van der Waals surface area contributed by atoms with Crippen molar-refractivity contribution < 1.29 is 0 Å². The van der Waals surface area contributed by atoms with Crippen molar-refractivity contribution in [2.75, 3.05) is 0 Å². The first-order valence-corrected chi connectivity index (χ1v) is 14.0. The number of hydrogen-bond donors (Lipinski definition) is 0. The van der Waals surface area contributed by atoms with E-state index in [2.05, 4.69) is 37.5 Å². The molecule has 0 N–H and O–H groups in total. The second-order valence-corrected chi connectivity index (χ2v) is 10.4. The lowest BCUT2D eigenvalue weighted by molar-refractivity contribution is 0.294. The first-order chi connectivity index (χ1) is 15.3. The van der Waals surface area contributed by atoms with Crippen LogP contribution in [0.25, 0.3) is 0 Å². The SMILES string of the molecule is CCCCCCCC1CCC(C#C/C=C/C#CC2CCC(CCCCCC)CC2)CC1. The topological polar surface area (TPSA) is 0 Å². The van der Waals surface area contributed by atoms with Gasteiger partial charge in [0.25, 0.3) is 0 Å². The van der Waals surface area contributed by atoms with Gasteiger partial charge in [-0.1, -0.05) is 108 Å². The van der Waals surface area contributed by atoms with E-state index < -0.39 is 0 Å². The van der Waals surface area contributed by atoms with Gasteiger partial charge in [0.2, 0.25) is 0 Å². The van der Waals surface area contributed by atoms with Crippen molar-refractivity contribution >= 4 is 0 Å². The van der Waals surface area contributed by atoms with Gasteiger partial charge in [-0.05, 0) is 75.4 Å². The van der Waals surface area contributed by atoms with E-state index >= 15 is 0 Å². The maximum Gasteiger partial charge on any atom is 0.0206 e. The second-order valence-electron chi connectivity index (χ2n) is 10.4. The Labute approximate surface area is 195 Å². The summed E-state index contributed by atoms with van der Waals surface area (Å²) in [5.74, 6) is 16.8. The van der Waals surface area contributed by atoms with Crippen molar-refractivity contribution in [2.24, 2.45) is 23.7 Å². The van der Waals surface area contributed by atoms with Gasteiger partial charge in [0, 0.05) is 11.8 Å². The predicted octanol–water partition coefficient (Wildman–Crippen LogP) is 9.49. The molecule has 31 heavy (non-hydrogen) atoms. The summed E-state index contributed by atoms with van der Waals surface area (Å²) in [4.78, 5) is 0. The minimum atomic E-state index is 0.626. The molecule has 0 aromatic heterocycles. The zero-order valence-electron chi connectivity index (χ0n) is 20.9. The van der Waals surface area contributed by atoms with Crippen LogP contribution in [0.3, 0.4) is 0 Å². The highest BCUT2D eigenvalue weighted by Gasteiger charge is 2.20. The molecular formula is C31H50. The van der Waals surface area contributed by atoms with Crippen LogP contribution >= 0.6 is 0 Å². The van der Waals surface area contributed by atoms with Crippen molar-refractivity contribution in [2.45, 2.75) is 136 Å². The minimum Gasteiger partial charge on any atom is -0.0951 e. The molecule has 0 amide bonds. The van der Waals surface area contributed by atoms with Crippen molar-refractivity contribution in [3.63, 3.8) is 0 Å². The van der Waals surface area contributed by atoms with Gasteiger partial charge in [-0.2, -0.15) is 0 Å². The molecule has 0 heteroatoms. The van der Waals surface area contributed by atoms with Crippen molar-refractivity contribution in [1.29, 1.82) is 0 Å². The lowest BCUT2D eigenvalue weighted by atomic mass is 9.80. The highest BCUT2D eigenvalue weighted by atomic mass is 14.2. The van der Waals surface area contributed by atoms with E-state index in [9.17, 15) is 0 Å². The van der Waals surface area contributed by atoms with E-state index in [4.69, 9.17) is 0 Å². The molecule has 174 valence electrons. The van der Waals surface area contributed by atoms with Crippen LogP contribution in [0.4, 0.5) is 0 Å². The summed E-state index contributed by atoms with van der Waals surface area (Å²) >= 11 is 0. The zero-order chi connectivity index (χ0) is 22.0. The Morgan fingerprint density at radius 3 is 1.32 bits per heavy atom. The molecule has 0 spiro atoms. The van der Waals surface area contributed by atoms with E-state index in [1.807, 2.05) is 12.2 Å². The van der Waals surface area contributed by atoms with E-state index in [0.29, 0.717) is 11.8 Å². The van der Waals surface area contributed by atoms with Crippen LogP contribution in [-0.2, 0) is 0 Å². The van der Waals surface area contributed by atoms with Gasteiger partial charge in [-0.25, -0.2) is 0 Å². The quantitative estimate of drug-likeness (QED) is 0.230. The molecule has 0 aromatic carbocycles. The van der Waals surface area contributed by atoms with E-state index in [0.717, 1.165) is 11.8 Å². The minimum absolute atomic E-state index is 0.626. The summed E-state index contributed by atoms with van der Waals surface area (Å²) in [6, 6.07) is 0. The fourth-order valence-electron chi connectivity index (χ4n) is 5.50. The number of allylic oxidation sites excluding steroid dienone is 2. The molecule has 2 fully saturated rings. The van der Waals surface area contributed by atoms with E-state index in [1.54, 1.807) is 0 Å². The highest BCUT2D eigenvalue weighted by Crippen LogP contribution is 2.32. The predicted molar refractivity (Wildman–Crippen MR) is 138 cm³/mol. The monoisotopic (exact) mass is 422 g/mol. The molecule has 2 aliphatic carbocycles. The molecule has 0 atom stereocenters. The van der Waals surface area contributed by atoms with Crippen LogP contribution in [0.2, 0.25) is 0 Å². The third kappa shape index (κ3) is 12.5. The fraction of sp³-hybridized carbons (Fsp3) is 0.806. The summed E-state index contributed by atoms with van der Waals surface area (Å²) in [6.45, 7) is 4.59. The summed E-state index contributed by atoms with van der Waals surface area (Å²) in [5, 5.41) is 0. The molecule has 2 rings (SSSR count).